The number of aromatic nitrogens is 2. The van der Waals surface area contributed by atoms with E-state index in [9.17, 15) is 19.7 Å². The third-order valence-electron chi connectivity index (χ3n) is 5.67. The Kier molecular flexibility index (Phi) is 6.16. The highest BCUT2D eigenvalue weighted by atomic mass is 32.2. The molecule has 0 radical (unpaired) electrons. The van der Waals surface area contributed by atoms with E-state index in [-0.39, 0.29) is 22.9 Å². The van der Waals surface area contributed by atoms with Crippen LogP contribution < -0.4 is 10.9 Å². The summed E-state index contributed by atoms with van der Waals surface area (Å²) >= 11 is 2.62. The summed E-state index contributed by atoms with van der Waals surface area (Å²) in [7, 11) is 0. The van der Waals surface area contributed by atoms with Crippen LogP contribution in [0.3, 0.4) is 0 Å². The van der Waals surface area contributed by atoms with Crippen LogP contribution in [0.25, 0.3) is 21.6 Å². The number of benzene rings is 2. The van der Waals surface area contributed by atoms with Gasteiger partial charge in [-0.2, -0.15) is 0 Å². The first-order chi connectivity index (χ1) is 16.5. The molecule has 1 amide bonds. The van der Waals surface area contributed by atoms with Crippen LogP contribution in [0, 0.1) is 10.1 Å². The molecule has 2 aromatic carbocycles. The summed E-state index contributed by atoms with van der Waals surface area (Å²) in [5.41, 5.74) is 1.87. The van der Waals surface area contributed by atoms with E-state index < -0.39 is 4.92 Å². The molecule has 4 aromatic rings. The van der Waals surface area contributed by atoms with Crippen LogP contribution >= 0.6 is 23.1 Å². The zero-order valence-electron chi connectivity index (χ0n) is 18.0. The Labute approximate surface area is 202 Å². The van der Waals surface area contributed by atoms with E-state index in [1.54, 1.807) is 24.3 Å². The number of carbonyl (C=O) groups excluding carboxylic acids is 1. The van der Waals surface area contributed by atoms with Gasteiger partial charge in [-0.25, -0.2) is 4.98 Å². The van der Waals surface area contributed by atoms with E-state index in [1.807, 2.05) is 18.2 Å². The van der Waals surface area contributed by atoms with E-state index in [2.05, 4.69) is 15.3 Å². The van der Waals surface area contributed by atoms with Crippen LogP contribution in [0.2, 0.25) is 0 Å². The minimum atomic E-state index is -0.485. The van der Waals surface area contributed by atoms with Crippen LogP contribution in [0.15, 0.2) is 58.2 Å². The van der Waals surface area contributed by atoms with Crippen molar-refractivity contribution in [2.75, 3.05) is 11.1 Å². The lowest BCUT2D eigenvalue weighted by Crippen LogP contribution is -2.14. The summed E-state index contributed by atoms with van der Waals surface area (Å²) in [6.07, 6.45) is 4.02. The molecule has 8 nitrogen and oxygen atoms in total. The molecule has 0 aliphatic heterocycles. The predicted octanol–water partition coefficient (Wildman–Crippen LogP) is 5.17. The molecule has 0 bridgehead atoms. The number of nitrogens with zero attached hydrogens (tertiary/aromatic N) is 2. The van der Waals surface area contributed by atoms with Crippen LogP contribution in [0.5, 0.6) is 0 Å². The number of nitrogens with one attached hydrogen (secondary N) is 2. The monoisotopic (exact) mass is 492 g/mol. The molecule has 1 aliphatic carbocycles. The predicted molar refractivity (Wildman–Crippen MR) is 135 cm³/mol. The Morgan fingerprint density at radius 1 is 1.18 bits per heavy atom. The third-order valence-corrected chi connectivity index (χ3v) is 7.92. The van der Waals surface area contributed by atoms with Gasteiger partial charge >= 0.3 is 0 Å². The molecule has 0 saturated carbocycles. The van der Waals surface area contributed by atoms with Crippen LogP contribution in [0.1, 0.15) is 23.3 Å². The van der Waals surface area contributed by atoms with Crippen molar-refractivity contribution in [3.05, 3.63) is 79.4 Å². The van der Waals surface area contributed by atoms with E-state index in [0.29, 0.717) is 32.2 Å². The minimum absolute atomic E-state index is 0.0247. The fourth-order valence-electron chi connectivity index (χ4n) is 4.09. The number of carbonyl (C=O) groups is 1. The summed E-state index contributed by atoms with van der Waals surface area (Å²) < 4.78 is 0. The Morgan fingerprint density at radius 2 is 1.97 bits per heavy atom. The molecule has 2 N–H and O–H groups in total. The van der Waals surface area contributed by atoms with Crippen molar-refractivity contribution in [3.63, 3.8) is 0 Å². The molecule has 0 spiro atoms. The Bertz CT molecular complexity index is 1460. The van der Waals surface area contributed by atoms with Crippen molar-refractivity contribution in [2.24, 2.45) is 0 Å². The first-order valence-electron chi connectivity index (χ1n) is 10.8. The highest BCUT2D eigenvalue weighted by Gasteiger charge is 2.22. The maximum absolute atomic E-state index is 12.8. The number of aryl methyl sites for hydroxylation is 2. The molecule has 0 unspecified atom stereocenters. The summed E-state index contributed by atoms with van der Waals surface area (Å²) in [4.78, 5) is 46.1. The average molecular weight is 493 g/mol. The third kappa shape index (κ3) is 4.46. The van der Waals surface area contributed by atoms with Crippen molar-refractivity contribution in [2.45, 2.75) is 30.6 Å². The Morgan fingerprint density at radius 3 is 2.76 bits per heavy atom. The lowest BCUT2D eigenvalue weighted by Gasteiger charge is -2.09. The van der Waals surface area contributed by atoms with Gasteiger partial charge in [0.1, 0.15) is 10.7 Å². The molecule has 172 valence electrons. The van der Waals surface area contributed by atoms with Crippen molar-refractivity contribution in [1.29, 1.82) is 0 Å². The summed E-state index contributed by atoms with van der Waals surface area (Å²) in [5, 5.41) is 15.2. The lowest BCUT2D eigenvalue weighted by molar-refractivity contribution is -0.387. The number of hydrogen-bond acceptors (Lipinski definition) is 7. The normalized spacial score (nSPS) is 12.9. The summed E-state index contributed by atoms with van der Waals surface area (Å²) in [5.74, 6) is 0.0712. The fourth-order valence-corrected chi connectivity index (χ4v) is 6.16. The molecule has 34 heavy (non-hydrogen) atoms. The number of fused-ring (bicyclic) bond motifs is 3. The second-order valence-electron chi connectivity index (χ2n) is 7.95. The number of rotatable bonds is 6. The fraction of sp³-hybridized carbons (Fsp3) is 0.208. The van der Waals surface area contributed by atoms with Gasteiger partial charge in [-0.05, 0) is 55.5 Å². The molecule has 0 saturated heterocycles. The average Bonchev–Trinajstić information content (AvgIpc) is 3.22. The topological polar surface area (TPSA) is 118 Å². The number of aromatic amines is 1. The molecule has 0 atom stereocenters. The van der Waals surface area contributed by atoms with Crippen molar-refractivity contribution in [1.82, 2.24) is 9.97 Å². The van der Waals surface area contributed by atoms with Gasteiger partial charge < -0.3 is 10.3 Å². The lowest BCUT2D eigenvalue weighted by atomic mass is 9.97. The molecular formula is C24H20N4O4S2. The largest absolute Gasteiger partial charge is 0.325 e. The van der Waals surface area contributed by atoms with Crippen molar-refractivity contribution < 1.29 is 9.72 Å². The van der Waals surface area contributed by atoms with Gasteiger partial charge in [-0.15, -0.1) is 23.1 Å². The highest BCUT2D eigenvalue weighted by Crippen LogP contribution is 2.36. The number of thioether (sulfide) groups is 1. The molecular weight excluding hydrogens is 472 g/mol. The number of H-pyrrole nitrogens is 1. The second kappa shape index (κ2) is 9.40. The van der Waals surface area contributed by atoms with Crippen molar-refractivity contribution >= 4 is 50.6 Å². The first kappa shape index (κ1) is 22.3. The van der Waals surface area contributed by atoms with E-state index >= 15 is 0 Å². The number of nitro benzene ring substituents is 1. The van der Waals surface area contributed by atoms with E-state index in [4.69, 9.17) is 0 Å². The maximum atomic E-state index is 12.8. The maximum Gasteiger partial charge on any atom is 0.283 e. The molecule has 2 heterocycles. The van der Waals surface area contributed by atoms with Crippen LogP contribution in [0.4, 0.5) is 11.4 Å². The van der Waals surface area contributed by atoms with Gasteiger partial charge in [0.25, 0.3) is 11.2 Å². The van der Waals surface area contributed by atoms with Crippen LogP contribution in [-0.2, 0) is 17.6 Å². The quantitative estimate of drug-likeness (QED) is 0.218. The van der Waals surface area contributed by atoms with Crippen LogP contribution in [-0.4, -0.2) is 26.6 Å². The van der Waals surface area contributed by atoms with Gasteiger partial charge in [-0.3, -0.25) is 19.7 Å². The van der Waals surface area contributed by atoms with Gasteiger partial charge in [-0.1, -0.05) is 18.2 Å². The summed E-state index contributed by atoms with van der Waals surface area (Å²) in [6.45, 7) is 0. The van der Waals surface area contributed by atoms with Gasteiger partial charge in [0, 0.05) is 22.2 Å². The number of para-hydroxylation sites is 1. The number of nitro groups is 1. The second-order valence-corrected chi connectivity index (χ2v) is 10.0. The molecule has 1 aliphatic rings. The molecule has 0 fully saturated rings. The van der Waals surface area contributed by atoms with Gasteiger partial charge in [0.05, 0.1) is 21.0 Å². The van der Waals surface area contributed by atoms with Crippen molar-refractivity contribution in [3.8, 4) is 11.4 Å². The zero-order valence-corrected chi connectivity index (χ0v) is 19.6. The van der Waals surface area contributed by atoms with E-state index in [0.717, 1.165) is 43.0 Å². The minimum Gasteiger partial charge on any atom is -0.325 e. The molecule has 5 rings (SSSR count). The molecule has 2 aromatic heterocycles. The van der Waals surface area contributed by atoms with E-state index in [1.165, 1.54) is 22.3 Å². The Hall–Kier alpha value is -3.50. The standard InChI is InChI=1S/C24H20N4O4S2/c29-20(25-15-6-2-1-3-7-15)13-33-19-11-10-14(12-17(19)28(31)32)22-26-23(30)21-16-8-4-5-9-18(16)34-24(21)27-22/h1-3,6-7,10-12H,4-5,8-9,13H2,(H,25,29)(H,26,27,30). The number of hydrogen-bond donors (Lipinski definition) is 2. The first-order valence-corrected chi connectivity index (χ1v) is 12.6. The SMILES string of the molecule is O=C(CSc1ccc(-c2nc3sc4c(c3c(=O)[nH]2)CCCC4)cc1[N+](=O)[O-])Nc1ccccc1. The number of thiophene rings is 1. The molecule has 10 heteroatoms. The number of anilines is 1. The highest BCUT2D eigenvalue weighted by molar-refractivity contribution is 8.00. The van der Waals surface area contributed by atoms with Gasteiger partial charge in [0.15, 0.2) is 0 Å². The Balaban J connectivity index is 1.41. The summed E-state index contributed by atoms with van der Waals surface area (Å²) in [6, 6.07) is 13.7. The zero-order chi connectivity index (χ0) is 23.7. The smallest absolute Gasteiger partial charge is 0.283 e. The number of amides is 1. The van der Waals surface area contributed by atoms with Gasteiger partial charge in [0.2, 0.25) is 5.91 Å².